The minimum Gasteiger partial charge on any atom is -0.385 e. The van der Waals surface area contributed by atoms with Crippen molar-refractivity contribution in [3.8, 4) is 0 Å². The molecule has 21 heteroatoms. The van der Waals surface area contributed by atoms with Crippen LogP contribution in [-0.4, -0.2) is 70.7 Å². The maximum absolute atomic E-state index is 13.8. The number of nitrogens with zero attached hydrogens (tertiary/aromatic N) is 1. The summed E-state index contributed by atoms with van der Waals surface area (Å²) in [5.74, 6) is -4.25. The third-order valence-electron chi connectivity index (χ3n) is 3.57. The van der Waals surface area contributed by atoms with E-state index in [1.165, 1.54) is 0 Å². The molecule has 15 nitrogen and oxygen atoms in total. The fourth-order valence-electron chi connectivity index (χ4n) is 2.38. The average Bonchev–Trinajstić information content (AvgIpc) is 2.80. The third kappa shape index (κ3) is 6.22. The summed E-state index contributed by atoms with van der Waals surface area (Å²) in [6, 6.07) is 0. The highest BCUT2D eigenvalue weighted by Gasteiger charge is 2.61. The van der Waals surface area contributed by atoms with Gasteiger partial charge in [-0.15, -0.1) is 0 Å². The lowest BCUT2D eigenvalue weighted by atomic mass is 10.1. The summed E-state index contributed by atoms with van der Waals surface area (Å²) < 4.78 is 77.7. The molecule has 2 aliphatic rings. The van der Waals surface area contributed by atoms with Gasteiger partial charge in [0.25, 0.3) is 0 Å². The van der Waals surface area contributed by atoms with Crippen LogP contribution in [-0.2, 0) is 31.6 Å². The highest BCUT2D eigenvalue weighted by atomic mass is 32.1. The number of aliphatic hydroxyl groups excluding tert-OH is 2. The van der Waals surface area contributed by atoms with E-state index in [9.17, 15) is 37.6 Å². The van der Waals surface area contributed by atoms with Crippen molar-refractivity contribution in [1.82, 2.24) is 10.2 Å². The molecule has 0 saturated carbocycles. The van der Waals surface area contributed by atoms with Crippen LogP contribution in [0, 0.1) is 0 Å². The number of hydrogen-bond donors (Lipinski definition) is 7. The number of alkyl halides is 1. The maximum atomic E-state index is 13.8. The molecule has 1 saturated heterocycles. The van der Waals surface area contributed by atoms with Crippen LogP contribution in [0.1, 0.15) is 0 Å². The number of phosphoric acid groups is 3. The second-order valence-corrected chi connectivity index (χ2v) is 10.6. The van der Waals surface area contributed by atoms with E-state index in [1.54, 1.807) is 0 Å². The largest absolute Gasteiger partial charge is 0.490 e. The van der Waals surface area contributed by atoms with Gasteiger partial charge in [-0.2, -0.15) is 8.62 Å². The summed E-state index contributed by atoms with van der Waals surface area (Å²) in [6.07, 6.45) is -5.94. The lowest BCUT2D eigenvalue weighted by Gasteiger charge is -2.34. The molecule has 2 rings (SSSR count). The van der Waals surface area contributed by atoms with Gasteiger partial charge in [0.2, 0.25) is 5.79 Å². The number of hydrogen-bond acceptors (Lipinski definition) is 10. The average molecular weight is 534 g/mol. The number of nitrogens with one attached hydrogen (secondary N) is 1. The Morgan fingerprint density at radius 2 is 1.81 bits per heavy atom. The second kappa shape index (κ2) is 8.93. The normalized spacial score (nSPS) is 33.5. The van der Waals surface area contributed by atoms with Gasteiger partial charge >= 0.3 is 23.5 Å². The first-order valence-corrected chi connectivity index (χ1v) is 12.5. The Morgan fingerprint density at radius 1 is 1.23 bits per heavy atom. The molecule has 0 aromatic carbocycles. The lowest BCUT2D eigenvalue weighted by molar-refractivity contribution is -0.233. The van der Waals surface area contributed by atoms with E-state index >= 15 is 0 Å². The Hall–Kier alpha value is -0.680. The van der Waals surface area contributed by atoms with Gasteiger partial charge in [-0.05, 0) is 12.2 Å². The number of thiocarbonyl (C=S) groups is 1. The van der Waals surface area contributed by atoms with Crippen LogP contribution in [0.15, 0.2) is 24.3 Å². The minimum absolute atomic E-state index is 0.278. The topological polar surface area (TPSA) is 225 Å². The smallest absolute Gasteiger partial charge is 0.385 e. The maximum Gasteiger partial charge on any atom is 0.490 e. The first kappa shape index (κ1) is 26.6. The van der Waals surface area contributed by atoms with Gasteiger partial charge in [0.05, 0.1) is 5.70 Å². The molecule has 0 aromatic heterocycles. The molecule has 2 heterocycles. The summed E-state index contributed by atoms with van der Waals surface area (Å²) >= 11 is 4.87. The summed E-state index contributed by atoms with van der Waals surface area (Å²) in [4.78, 5) is 36.4. The van der Waals surface area contributed by atoms with Crippen LogP contribution >= 0.6 is 35.7 Å². The van der Waals surface area contributed by atoms with Crippen molar-refractivity contribution < 1.29 is 70.1 Å². The van der Waals surface area contributed by atoms with E-state index < -0.39 is 60.2 Å². The van der Waals surface area contributed by atoms with Crippen LogP contribution in [0.5, 0.6) is 0 Å². The fraction of sp³-hybridized carbons (Fsp3) is 0.500. The first-order chi connectivity index (χ1) is 13.9. The zero-order chi connectivity index (χ0) is 24.0. The van der Waals surface area contributed by atoms with Crippen molar-refractivity contribution in [1.29, 1.82) is 0 Å². The highest BCUT2D eigenvalue weighted by molar-refractivity contribution is 7.80. The fourth-order valence-corrected chi connectivity index (χ4v) is 5.89. The van der Waals surface area contributed by atoms with Gasteiger partial charge < -0.3 is 39.8 Å². The van der Waals surface area contributed by atoms with E-state index in [4.69, 9.17) is 31.6 Å². The predicted molar refractivity (Wildman–Crippen MR) is 96.4 cm³/mol. The number of allylic oxidation sites excluding steroid dienone is 1. The molecule has 0 aliphatic carbocycles. The van der Waals surface area contributed by atoms with E-state index in [0.717, 1.165) is 0 Å². The monoisotopic (exact) mass is 534 g/mol. The zero-order valence-corrected chi connectivity index (χ0v) is 18.2. The lowest BCUT2D eigenvalue weighted by Crippen LogP contribution is -2.50. The molecule has 0 spiro atoms. The van der Waals surface area contributed by atoms with Gasteiger partial charge in [-0.1, -0.05) is 6.58 Å². The Kier molecular flexibility index (Phi) is 7.65. The Labute approximate surface area is 177 Å². The number of rotatable bonds is 8. The SMILES string of the molecule is C=C1NC(=S)N(C2O[C@](CF)(OP(=O)(O)OP(=O)(O)OP(=O)(O)O)C(O)C2O)C=C1F. The van der Waals surface area contributed by atoms with Crippen LogP contribution in [0.3, 0.4) is 0 Å². The molecule has 31 heavy (non-hydrogen) atoms. The molecule has 5 unspecified atom stereocenters. The molecule has 0 bridgehead atoms. The first-order valence-electron chi connectivity index (χ1n) is 7.52. The van der Waals surface area contributed by atoms with Gasteiger partial charge in [0.1, 0.15) is 18.9 Å². The van der Waals surface area contributed by atoms with Crippen LogP contribution < -0.4 is 5.32 Å². The van der Waals surface area contributed by atoms with Crippen LogP contribution in [0.2, 0.25) is 0 Å². The molecule has 0 amide bonds. The van der Waals surface area contributed by atoms with E-state index in [1.807, 2.05) is 0 Å². The predicted octanol–water partition coefficient (Wildman–Crippen LogP) is -0.412. The van der Waals surface area contributed by atoms with Crippen LogP contribution in [0.25, 0.3) is 0 Å². The summed E-state index contributed by atoms with van der Waals surface area (Å²) in [5.41, 5.74) is -0.278. The molecule has 178 valence electrons. The van der Waals surface area contributed by atoms with E-state index in [2.05, 4.69) is 25.0 Å². The molecule has 7 N–H and O–H groups in total. The summed E-state index contributed by atoms with van der Waals surface area (Å²) in [7, 11) is -17.7. The Balaban J connectivity index is 2.29. The van der Waals surface area contributed by atoms with E-state index in [-0.39, 0.29) is 10.8 Å². The van der Waals surface area contributed by atoms with Crippen molar-refractivity contribution in [3.63, 3.8) is 0 Å². The standard InChI is InChI=1S/C10H15F2N2O13P3S/c1-4-5(12)2-14(9(31)13-4)8-6(15)7(16)10(3-11,24-8)25-29(20,21)27-30(22,23)26-28(17,18)19/h2,6-8,15-16H,1,3H2,(H,13,31)(H,20,21)(H,22,23)(H2,17,18,19)/t6?,7?,8?,10-/m1/s1. The van der Waals surface area contributed by atoms with Crippen LogP contribution in [0.4, 0.5) is 8.78 Å². The number of ether oxygens (including phenoxy) is 1. The summed E-state index contributed by atoms with van der Waals surface area (Å²) in [6.45, 7) is 1.29. The van der Waals surface area contributed by atoms with Gasteiger partial charge in [-0.25, -0.2) is 27.0 Å². The second-order valence-electron chi connectivity index (χ2n) is 5.86. The van der Waals surface area contributed by atoms with Crippen molar-refractivity contribution in [2.75, 3.05) is 6.67 Å². The van der Waals surface area contributed by atoms with Gasteiger partial charge in [-0.3, -0.25) is 4.90 Å². The molecular weight excluding hydrogens is 519 g/mol. The quantitative estimate of drug-likeness (QED) is 0.155. The highest BCUT2D eigenvalue weighted by Crippen LogP contribution is 2.67. The molecule has 1 fully saturated rings. The number of phosphoric ester groups is 1. The molecule has 0 radical (unpaired) electrons. The molecular formula is C10H15F2N2O13P3S. The van der Waals surface area contributed by atoms with Crippen molar-refractivity contribution in [2.24, 2.45) is 0 Å². The Morgan fingerprint density at radius 3 is 2.32 bits per heavy atom. The van der Waals surface area contributed by atoms with Crippen molar-refractivity contribution in [2.45, 2.75) is 24.2 Å². The van der Waals surface area contributed by atoms with Gasteiger partial charge in [0.15, 0.2) is 17.2 Å². The Bertz CT molecular complexity index is 944. The van der Waals surface area contributed by atoms with Gasteiger partial charge in [0, 0.05) is 6.20 Å². The molecule has 0 aromatic rings. The van der Waals surface area contributed by atoms with E-state index in [0.29, 0.717) is 11.1 Å². The third-order valence-corrected chi connectivity index (χ3v) is 7.75. The van der Waals surface area contributed by atoms with Crippen molar-refractivity contribution >= 4 is 40.8 Å². The number of halogens is 2. The summed E-state index contributed by atoms with van der Waals surface area (Å²) in [5, 5.41) is 22.2. The molecule has 6 atom stereocenters. The molecule has 2 aliphatic heterocycles. The zero-order valence-electron chi connectivity index (χ0n) is 14.7. The number of aliphatic hydroxyl groups is 2. The van der Waals surface area contributed by atoms with Crippen molar-refractivity contribution in [3.05, 3.63) is 24.3 Å². The minimum atomic E-state index is -5.99.